The van der Waals surface area contributed by atoms with Gasteiger partial charge in [-0.1, -0.05) is 80.1 Å². The van der Waals surface area contributed by atoms with Crippen LogP contribution in [0.4, 0.5) is 5.69 Å². The predicted octanol–water partition coefficient (Wildman–Crippen LogP) is 7.72. The van der Waals surface area contributed by atoms with Crippen molar-refractivity contribution in [1.29, 1.82) is 0 Å². The zero-order chi connectivity index (χ0) is 26.7. The smallest absolute Gasteiger partial charge is 0.331 e. The summed E-state index contributed by atoms with van der Waals surface area (Å²) < 4.78 is 0. The fourth-order valence-electron chi connectivity index (χ4n) is 4.34. The number of carboxylic acids is 1. The minimum Gasteiger partial charge on any atom is -0.507 e. The summed E-state index contributed by atoms with van der Waals surface area (Å²) in [5.41, 5.74) is 6.33. The third-order valence-corrected chi connectivity index (χ3v) is 6.74. The fraction of sp³-hybridized carbons (Fsp3) is 0.161. The number of aromatic hydroxyl groups is 1. The van der Waals surface area contributed by atoms with E-state index >= 15 is 0 Å². The van der Waals surface area contributed by atoms with Crippen LogP contribution in [-0.2, 0) is 9.59 Å². The number of phenolic OH excluding ortho intramolecular Hbond substituents is 1. The van der Waals surface area contributed by atoms with E-state index in [0.717, 1.165) is 33.4 Å². The van der Waals surface area contributed by atoms with Crippen molar-refractivity contribution in [2.75, 3.05) is 5.32 Å². The van der Waals surface area contributed by atoms with Gasteiger partial charge in [-0.15, -0.1) is 0 Å². The Labute approximate surface area is 221 Å². The molecule has 0 unspecified atom stereocenters. The van der Waals surface area contributed by atoms with Crippen LogP contribution in [0.1, 0.15) is 32.8 Å². The van der Waals surface area contributed by atoms with Crippen molar-refractivity contribution >= 4 is 34.7 Å². The Morgan fingerprint density at radius 2 is 1.65 bits per heavy atom. The van der Waals surface area contributed by atoms with Crippen molar-refractivity contribution < 1.29 is 19.8 Å². The normalized spacial score (nSPS) is 14.7. The minimum atomic E-state index is -0.946. The number of aliphatic carboxylic acids is 1. The Hall–Kier alpha value is -4.09. The Morgan fingerprint density at radius 1 is 1.00 bits per heavy atom. The van der Waals surface area contributed by atoms with Crippen LogP contribution in [0, 0.1) is 5.92 Å². The summed E-state index contributed by atoms with van der Waals surface area (Å²) in [7, 11) is 0. The van der Waals surface area contributed by atoms with Gasteiger partial charge in [-0.2, -0.15) is 0 Å². The number of carbonyl (C=O) groups excluding carboxylic acids is 1. The number of amides is 1. The summed E-state index contributed by atoms with van der Waals surface area (Å²) in [6.07, 6.45) is 5.77. The highest BCUT2D eigenvalue weighted by Crippen LogP contribution is 2.41. The summed E-state index contributed by atoms with van der Waals surface area (Å²) in [6, 6.07) is 18.5. The summed E-state index contributed by atoms with van der Waals surface area (Å²) in [6.45, 7) is 5.53. The topological polar surface area (TPSA) is 86.6 Å². The molecule has 0 fully saturated rings. The van der Waals surface area contributed by atoms with E-state index in [4.69, 9.17) is 11.6 Å². The molecular weight excluding hydrogens is 486 g/mol. The first-order valence-electron chi connectivity index (χ1n) is 12.0. The van der Waals surface area contributed by atoms with Crippen LogP contribution in [0.2, 0.25) is 5.02 Å². The number of phenols is 1. The number of rotatable bonds is 7. The average Bonchev–Trinajstić information content (AvgIpc) is 3.17. The number of hydrogen-bond donors (Lipinski definition) is 3. The van der Waals surface area contributed by atoms with Gasteiger partial charge in [0.2, 0.25) is 0 Å². The quantitative estimate of drug-likeness (QED) is 0.223. The van der Waals surface area contributed by atoms with Crippen molar-refractivity contribution in [2.45, 2.75) is 27.2 Å². The second-order valence-electron chi connectivity index (χ2n) is 9.17. The van der Waals surface area contributed by atoms with Gasteiger partial charge in [0.25, 0.3) is 5.91 Å². The molecule has 0 atom stereocenters. The fourth-order valence-corrected chi connectivity index (χ4v) is 4.61. The lowest BCUT2D eigenvalue weighted by Crippen LogP contribution is -2.07. The van der Waals surface area contributed by atoms with Gasteiger partial charge in [0.1, 0.15) is 5.75 Å². The maximum absolute atomic E-state index is 12.8. The predicted molar refractivity (Wildman–Crippen MR) is 150 cm³/mol. The monoisotopic (exact) mass is 513 g/mol. The number of anilines is 1. The number of carbonyl (C=O) groups is 2. The van der Waals surface area contributed by atoms with Crippen molar-refractivity contribution in [1.82, 2.24) is 0 Å². The van der Waals surface area contributed by atoms with Crippen LogP contribution < -0.4 is 5.32 Å². The van der Waals surface area contributed by atoms with Crippen molar-refractivity contribution in [3.8, 4) is 28.0 Å². The Balaban J connectivity index is 1.66. The van der Waals surface area contributed by atoms with Gasteiger partial charge in [-0.05, 0) is 60.2 Å². The van der Waals surface area contributed by atoms with Crippen molar-refractivity contribution in [3.05, 3.63) is 101 Å². The molecule has 5 nitrogen and oxygen atoms in total. The molecule has 0 saturated heterocycles. The van der Waals surface area contributed by atoms with E-state index in [2.05, 4.69) is 5.32 Å². The van der Waals surface area contributed by atoms with E-state index in [0.29, 0.717) is 28.3 Å². The number of nitrogens with one attached hydrogen (secondary N) is 1. The molecule has 0 radical (unpaired) electrons. The number of hydrogen-bond acceptors (Lipinski definition) is 3. The van der Waals surface area contributed by atoms with Gasteiger partial charge in [0.05, 0.1) is 10.7 Å². The van der Waals surface area contributed by atoms with Crippen LogP contribution in [0.5, 0.6) is 5.75 Å². The molecule has 1 heterocycles. The summed E-state index contributed by atoms with van der Waals surface area (Å²) in [5, 5.41) is 23.0. The third-order valence-electron chi connectivity index (χ3n) is 6.42. The highest BCUT2D eigenvalue weighted by Gasteiger charge is 2.26. The largest absolute Gasteiger partial charge is 0.507 e. The number of benzene rings is 3. The number of carboxylic acid groups (broad SMARTS) is 1. The summed E-state index contributed by atoms with van der Waals surface area (Å²) in [5.74, 6) is -1.08. The lowest BCUT2D eigenvalue weighted by molar-refractivity contribution is -0.133. The molecule has 0 aliphatic carbocycles. The van der Waals surface area contributed by atoms with E-state index < -0.39 is 5.97 Å². The first-order chi connectivity index (χ1) is 17.7. The number of para-hydroxylation sites is 1. The first-order valence-corrected chi connectivity index (χ1v) is 12.4. The zero-order valence-corrected chi connectivity index (χ0v) is 21.6. The van der Waals surface area contributed by atoms with Gasteiger partial charge >= 0.3 is 5.97 Å². The molecular formula is C31H28ClNO4. The molecule has 6 heteroatoms. The Bertz CT molecular complexity index is 1460. The highest BCUT2D eigenvalue weighted by atomic mass is 35.5. The molecule has 37 heavy (non-hydrogen) atoms. The van der Waals surface area contributed by atoms with E-state index in [9.17, 15) is 19.8 Å². The van der Waals surface area contributed by atoms with Crippen molar-refractivity contribution in [3.63, 3.8) is 0 Å². The zero-order valence-electron chi connectivity index (χ0n) is 20.9. The molecule has 188 valence electrons. The van der Waals surface area contributed by atoms with Gasteiger partial charge in [-0.3, -0.25) is 4.79 Å². The molecule has 3 aromatic rings. The molecule has 0 aromatic heterocycles. The highest BCUT2D eigenvalue weighted by molar-refractivity contribution is 6.36. The van der Waals surface area contributed by atoms with Crippen LogP contribution in [0.3, 0.4) is 0 Å². The Kier molecular flexibility index (Phi) is 7.65. The molecule has 3 aromatic carbocycles. The van der Waals surface area contributed by atoms with E-state index in [1.54, 1.807) is 24.3 Å². The van der Waals surface area contributed by atoms with Crippen LogP contribution in [-0.4, -0.2) is 22.1 Å². The van der Waals surface area contributed by atoms with Gasteiger partial charge in [0, 0.05) is 27.8 Å². The van der Waals surface area contributed by atoms with E-state index in [-0.39, 0.29) is 17.6 Å². The molecule has 0 saturated carbocycles. The number of allylic oxidation sites excluding steroid dienone is 4. The SMILES string of the molecule is CC=C(/C=C(/C(=O)O)C(C)C)C/C=C1\C(=O)Nc2cc(Cl)c(-c3ccc(-c4ccccc4O)cc3)cc21. The second-order valence-corrected chi connectivity index (χ2v) is 9.58. The summed E-state index contributed by atoms with van der Waals surface area (Å²) in [4.78, 5) is 24.4. The van der Waals surface area contributed by atoms with Gasteiger partial charge < -0.3 is 15.5 Å². The Morgan fingerprint density at radius 3 is 2.24 bits per heavy atom. The molecule has 0 bridgehead atoms. The average molecular weight is 514 g/mol. The van der Waals surface area contributed by atoms with Crippen molar-refractivity contribution in [2.24, 2.45) is 5.92 Å². The van der Waals surface area contributed by atoms with E-state index in [1.807, 2.05) is 75.4 Å². The molecule has 1 amide bonds. The molecule has 1 aliphatic heterocycles. The maximum Gasteiger partial charge on any atom is 0.331 e. The number of halogens is 1. The standard InChI is InChI=1S/C31H28ClNO4/c1-4-19(15-24(18(2)3)31(36)37)9-14-23-26-16-25(27(32)17-28(26)33-30(23)35)21-12-10-20(11-13-21)22-7-5-6-8-29(22)34/h4-8,10-18,34H,9H2,1-3H3,(H,33,35)(H,36,37)/b19-4?,23-14-,24-15+. The molecule has 0 spiro atoms. The lowest BCUT2D eigenvalue weighted by atomic mass is 9.95. The molecule has 4 rings (SSSR count). The van der Waals surface area contributed by atoms with Crippen LogP contribution in [0.15, 0.2) is 90.0 Å². The third kappa shape index (κ3) is 5.52. The second kappa shape index (κ2) is 10.9. The van der Waals surface area contributed by atoms with E-state index in [1.165, 1.54) is 0 Å². The van der Waals surface area contributed by atoms with Gasteiger partial charge in [-0.25, -0.2) is 4.79 Å². The first kappa shape index (κ1) is 26.0. The molecule has 1 aliphatic rings. The minimum absolute atomic E-state index is 0.127. The van der Waals surface area contributed by atoms with Gasteiger partial charge in [0.15, 0.2) is 0 Å². The molecule has 3 N–H and O–H groups in total. The maximum atomic E-state index is 12.8. The van der Waals surface area contributed by atoms with Crippen LogP contribution in [0.25, 0.3) is 27.8 Å². The summed E-state index contributed by atoms with van der Waals surface area (Å²) >= 11 is 6.60. The lowest BCUT2D eigenvalue weighted by Gasteiger charge is -2.10. The number of fused-ring (bicyclic) bond motifs is 1. The van der Waals surface area contributed by atoms with Crippen LogP contribution >= 0.6 is 11.6 Å².